The Kier molecular flexibility index (Phi) is 5.28. The van der Waals surface area contributed by atoms with Crippen LogP contribution in [0, 0.1) is 0 Å². The highest BCUT2D eigenvalue weighted by atomic mass is 32.2. The summed E-state index contributed by atoms with van der Waals surface area (Å²) in [5, 5.41) is 7.30. The highest BCUT2D eigenvalue weighted by Crippen LogP contribution is 2.30. The molecule has 2 rings (SSSR count). The molecule has 112 valence electrons. The first-order valence-electron chi connectivity index (χ1n) is 7.10. The minimum absolute atomic E-state index is 0.455. The summed E-state index contributed by atoms with van der Waals surface area (Å²) in [6, 6.07) is 0.455. The monoisotopic (exact) mass is 296 g/mol. The van der Waals surface area contributed by atoms with E-state index in [0.29, 0.717) is 29.1 Å². The highest BCUT2D eigenvalue weighted by molar-refractivity contribution is 7.99. The van der Waals surface area contributed by atoms with Crippen LogP contribution in [-0.2, 0) is 0 Å². The molecule has 0 radical (unpaired) electrons. The molecule has 1 aliphatic rings. The molecule has 1 aromatic heterocycles. The van der Waals surface area contributed by atoms with Gasteiger partial charge in [-0.25, -0.2) is 0 Å². The number of aromatic nitrogens is 3. The van der Waals surface area contributed by atoms with Gasteiger partial charge < -0.3 is 15.5 Å². The molecule has 1 fully saturated rings. The van der Waals surface area contributed by atoms with Crippen molar-refractivity contribution in [2.75, 3.05) is 42.4 Å². The number of hydrogen-bond acceptors (Lipinski definition) is 7. The van der Waals surface area contributed by atoms with Crippen LogP contribution in [0.25, 0.3) is 0 Å². The third kappa shape index (κ3) is 3.65. The smallest absolute Gasteiger partial charge is 0.231 e. The number of thioether (sulfide) groups is 1. The average molecular weight is 296 g/mol. The van der Waals surface area contributed by atoms with Crippen LogP contribution in [0.1, 0.15) is 26.2 Å². The Morgan fingerprint density at radius 3 is 2.60 bits per heavy atom. The molecule has 0 amide bonds. The Morgan fingerprint density at radius 1 is 1.20 bits per heavy atom. The second kappa shape index (κ2) is 6.97. The predicted molar refractivity (Wildman–Crippen MR) is 86.9 cm³/mol. The highest BCUT2D eigenvalue weighted by Gasteiger charge is 2.27. The van der Waals surface area contributed by atoms with Crippen LogP contribution < -0.4 is 15.5 Å². The van der Waals surface area contributed by atoms with Gasteiger partial charge in [-0.2, -0.15) is 26.7 Å². The third-order valence-electron chi connectivity index (χ3n) is 3.43. The largest absolute Gasteiger partial charge is 0.354 e. The number of rotatable bonds is 6. The molecule has 1 saturated carbocycles. The third-order valence-corrected chi connectivity index (χ3v) is 4.60. The van der Waals surface area contributed by atoms with E-state index in [4.69, 9.17) is 0 Å². The maximum Gasteiger partial charge on any atom is 0.231 e. The minimum atomic E-state index is 0.455. The molecule has 0 aliphatic heterocycles. The van der Waals surface area contributed by atoms with Gasteiger partial charge >= 0.3 is 0 Å². The Morgan fingerprint density at radius 2 is 1.95 bits per heavy atom. The number of nitrogens with one attached hydrogen (secondary N) is 2. The maximum absolute atomic E-state index is 4.49. The molecule has 0 bridgehead atoms. The molecule has 1 aliphatic carbocycles. The van der Waals surface area contributed by atoms with Crippen LogP contribution in [0.4, 0.5) is 17.8 Å². The summed E-state index contributed by atoms with van der Waals surface area (Å²) in [6.45, 7) is 2.83. The zero-order valence-electron chi connectivity index (χ0n) is 12.7. The minimum Gasteiger partial charge on any atom is -0.354 e. The van der Waals surface area contributed by atoms with Crippen molar-refractivity contribution in [2.45, 2.75) is 37.5 Å². The molecule has 7 heteroatoms. The lowest BCUT2D eigenvalue weighted by atomic mass is 10.2. The fraction of sp³-hybridized carbons (Fsp3) is 0.769. The van der Waals surface area contributed by atoms with Gasteiger partial charge in [-0.3, -0.25) is 0 Å². The Labute approximate surface area is 125 Å². The molecule has 6 nitrogen and oxygen atoms in total. The van der Waals surface area contributed by atoms with E-state index in [-0.39, 0.29) is 0 Å². The van der Waals surface area contributed by atoms with Crippen molar-refractivity contribution in [1.82, 2.24) is 15.0 Å². The summed E-state index contributed by atoms with van der Waals surface area (Å²) < 4.78 is 0. The number of anilines is 3. The van der Waals surface area contributed by atoms with Gasteiger partial charge in [0.15, 0.2) is 0 Å². The van der Waals surface area contributed by atoms with Crippen LogP contribution >= 0.6 is 11.8 Å². The fourth-order valence-electron chi connectivity index (χ4n) is 2.41. The van der Waals surface area contributed by atoms with Gasteiger partial charge in [0, 0.05) is 31.9 Å². The van der Waals surface area contributed by atoms with E-state index in [0.717, 1.165) is 6.54 Å². The van der Waals surface area contributed by atoms with Crippen LogP contribution in [0.5, 0.6) is 0 Å². The zero-order valence-corrected chi connectivity index (χ0v) is 13.5. The summed E-state index contributed by atoms with van der Waals surface area (Å²) >= 11 is 1.92. The van der Waals surface area contributed by atoms with E-state index in [1.165, 1.54) is 19.3 Å². The van der Waals surface area contributed by atoms with Gasteiger partial charge in [-0.05, 0) is 26.0 Å². The van der Waals surface area contributed by atoms with Crippen molar-refractivity contribution in [2.24, 2.45) is 0 Å². The lowest BCUT2D eigenvalue weighted by molar-refractivity contribution is 0.753. The average Bonchev–Trinajstić information content (AvgIpc) is 2.86. The number of hydrogen-bond donors (Lipinski definition) is 2. The van der Waals surface area contributed by atoms with E-state index < -0.39 is 0 Å². The second-order valence-electron chi connectivity index (χ2n) is 5.16. The van der Waals surface area contributed by atoms with Crippen molar-refractivity contribution in [1.29, 1.82) is 0 Å². The summed E-state index contributed by atoms with van der Waals surface area (Å²) in [7, 11) is 3.88. The van der Waals surface area contributed by atoms with Crippen molar-refractivity contribution in [3.8, 4) is 0 Å². The van der Waals surface area contributed by atoms with Gasteiger partial charge in [0.25, 0.3) is 0 Å². The Balaban J connectivity index is 2.17. The normalized spacial score (nSPS) is 21.8. The molecule has 2 N–H and O–H groups in total. The van der Waals surface area contributed by atoms with Crippen LogP contribution in [0.2, 0.25) is 0 Å². The maximum atomic E-state index is 4.49. The first-order chi connectivity index (χ1) is 9.63. The number of nitrogens with zero attached hydrogens (tertiary/aromatic N) is 4. The molecule has 20 heavy (non-hydrogen) atoms. The van der Waals surface area contributed by atoms with E-state index in [9.17, 15) is 0 Å². The van der Waals surface area contributed by atoms with Gasteiger partial charge in [0.05, 0.1) is 0 Å². The van der Waals surface area contributed by atoms with Crippen molar-refractivity contribution in [3.63, 3.8) is 0 Å². The van der Waals surface area contributed by atoms with Crippen LogP contribution in [0.3, 0.4) is 0 Å². The summed E-state index contributed by atoms with van der Waals surface area (Å²) in [4.78, 5) is 15.2. The lowest BCUT2D eigenvalue weighted by Gasteiger charge is -2.20. The van der Waals surface area contributed by atoms with E-state index in [1.54, 1.807) is 0 Å². The second-order valence-corrected chi connectivity index (χ2v) is 6.24. The molecular formula is C13H24N6S. The molecule has 2 atom stereocenters. The molecule has 2 unspecified atom stereocenters. The van der Waals surface area contributed by atoms with Gasteiger partial charge in [0.1, 0.15) is 0 Å². The van der Waals surface area contributed by atoms with Gasteiger partial charge in [-0.15, -0.1) is 0 Å². The molecule has 0 saturated heterocycles. The van der Waals surface area contributed by atoms with E-state index >= 15 is 0 Å². The lowest BCUT2D eigenvalue weighted by Crippen LogP contribution is -2.27. The standard InChI is InChI=1S/C13H24N6S/c1-5-14-11-16-12(18-13(17-11)19(2)3)15-9-7-6-8-10(9)20-4/h9-10H,5-8H2,1-4H3,(H2,14,15,16,17,18). The first kappa shape index (κ1) is 15.2. The predicted octanol–water partition coefficient (Wildman–Crippen LogP) is 2.07. The molecule has 1 heterocycles. The topological polar surface area (TPSA) is 66.0 Å². The fourth-order valence-corrected chi connectivity index (χ4v) is 3.34. The van der Waals surface area contributed by atoms with Gasteiger partial charge in [-0.1, -0.05) is 6.42 Å². The first-order valence-corrected chi connectivity index (χ1v) is 8.39. The van der Waals surface area contributed by atoms with E-state index in [2.05, 4.69) is 31.8 Å². The van der Waals surface area contributed by atoms with Crippen LogP contribution in [-0.4, -0.2) is 53.1 Å². The van der Waals surface area contributed by atoms with Gasteiger partial charge in [0.2, 0.25) is 17.8 Å². The molecule has 0 spiro atoms. The van der Waals surface area contributed by atoms with Crippen molar-refractivity contribution in [3.05, 3.63) is 0 Å². The quantitative estimate of drug-likeness (QED) is 0.833. The Hall–Kier alpha value is -1.24. The van der Waals surface area contributed by atoms with Crippen molar-refractivity contribution < 1.29 is 0 Å². The van der Waals surface area contributed by atoms with E-state index in [1.807, 2.05) is 37.7 Å². The SMILES string of the molecule is CCNc1nc(NC2CCCC2SC)nc(N(C)C)n1. The zero-order chi connectivity index (χ0) is 14.5. The molecular weight excluding hydrogens is 272 g/mol. The Bertz CT molecular complexity index is 439. The van der Waals surface area contributed by atoms with Crippen molar-refractivity contribution >= 4 is 29.6 Å². The molecule has 1 aromatic rings. The summed E-state index contributed by atoms with van der Waals surface area (Å²) in [5.41, 5.74) is 0. The summed E-state index contributed by atoms with van der Waals surface area (Å²) in [5.74, 6) is 1.98. The van der Waals surface area contributed by atoms with Crippen LogP contribution in [0.15, 0.2) is 0 Å². The molecule has 0 aromatic carbocycles. The summed E-state index contributed by atoms with van der Waals surface area (Å²) in [6.07, 6.45) is 5.90.